The molecule has 0 aromatic heterocycles. The Labute approximate surface area is 136 Å². The number of carbonyl (C=O) groups is 2. The fourth-order valence-corrected chi connectivity index (χ4v) is 3.78. The van der Waals surface area contributed by atoms with Gasteiger partial charge in [0.2, 0.25) is 5.91 Å². The van der Waals surface area contributed by atoms with Crippen molar-refractivity contribution in [1.29, 1.82) is 0 Å². The first-order valence-corrected chi connectivity index (χ1v) is 8.54. The van der Waals surface area contributed by atoms with Crippen LogP contribution in [0.1, 0.15) is 32.1 Å². The first kappa shape index (κ1) is 18.6. The molecule has 122 valence electrons. The Balaban J connectivity index is 0.00000220. The smallest absolute Gasteiger partial charge is 0.315 e. The quantitative estimate of drug-likeness (QED) is 0.566. The summed E-state index contributed by atoms with van der Waals surface area (Å²) in [5, 5.41) is 6.42. The number of nitrogens with one attached hydrogen (secondary N) is 2. The summed E-state index contributed by atoms with van der Waals surface area (Å²) in [5.74, 6) is 1.66. The van der Waals surface area contributed by atoms with Crippen LogP contribution in [0.5, 0.6) is 0 Å². The number of amides is 1. The van der Waals surface area contributed by atoms with Gasteiger partial charge in [-0.05, 0) is 25.2 Å². The summed E-state index contributed by atoms with van der Waals surface area (Å²) in [7, 11) is 1.38. The molecule has 1 aliphatic carbocycles. The Morgan fingerprint density at radius 3 is 2.81 bits per heavy atom. The zero-order valence-corrected chi connectivity index (χ0v) is 14.1. The number of carbonyl (C=O) groups excluding carboxylic acids is 2. The number of hydrogen-bond donors (Lipinski definition) is 2. The van der Waals surface area contributed by atoms with E-state index in [1.165, 1.54) is 44.6 Å². The third-order valence-corrected chi connectivity index (χ3v) is 5.11. The van der Waals surface area contributed by atoms with E-state index in [1.54, 1.807) is 0 Å². The van der Waals surface area contributed by atoms with Crippen LogP contribution in [0.3, 0.4) is 0 Å². The van der Waals surface area contributed by atoms with Crippen molar-refractivity contribution in [3.8, 4) is 0 Å². The Bertz CT molecular complexity index is 343. The molecular formula is C14H25ClN2O3S. The van der Waals surface area contributed by atoms with E-state index < -0.39 is 0 Å². The molecule has 0 spiro atoms. The zero-order valence-electron chi connectivity index (χ0n) is 12.4. The number of thioether (sulfide) groups is 1. The van der Waals surface area contributed by atoms with Gasteiger partial charge in [-0.15, -0.1) is 24.2 Å². The minimum Gasteiger partial charge on any atom is -0.468 e. The van der Waals surface area contributed by atoms with E-state index in [9.17, 15) is 9.59 Å². The van der Waals surface area contributed by atoms with Crippen molar-refractivity contribution < 1.29 is 14.3 Å². The average molecular weight is 337 g/mol. The fraction of sp³-hybridized carbons (Fsp3) is 0.857. The van der Waals surface area contributed by atoms with Gasteiger partial charge in [-0.3, -0.25) is 9.59 Å². The molecule has 0 bridgehead atoms. The van der Waals surface area contributed by atoms with Crippen LogP contribution in [0.2, 0.25) is 0 Å². The molecule has 2 fully saturated rings. The van der Waals surface area contributed by atoms with E-state index in [4.69, 9.17) is 0 Å². The third kappa shape index (κ3) is 5.68. The standard InChI is InChI=1S/C14H24N2O3S.ClH/c1-19-13(17)9-20-7-6-15-14(18)12-8-10-4-2-3-5-11(10)16-12;/h10-12,16H,2-9H2,1H3,(H,15,18);1H. The molecule has 1 amide bonds. The molecule has 1 saturated heterocycles. The summed E-state index contributed by atoms with van der Waals surface area (Å²) in [6.07, 6.45) is 6.04. The molecule has 1 saturated carbocycles. The summed E-state index contributed by atoms with van der Waals surface area (Å²) in [6.45, 7) is 0.605. The van der Waals surface area contributed by atoms with E-state index in [0.717, 1.165) is 12.2 Å². The molecule has 3 unspecified atom stereocenters. The van der Waals surface area contributed by atoms with Gasteiger partial charge < -0.3 is 15.4 Å². The van der Waals surface area contributed by atoms with Crippen molar-refractivity contribution >= 4 is 36.0 Å². The van der Waals surface area contributed by atoms with Crippen LogP contribution >= 0.6 is 24.2 Å². The zero-order chi connectivity index (χ0) is 14.4. The van der Waals surface area contributed by atoms with Gasteiger partial charge in [0.05, 0.1) is 18.9 Å². The molecule has 2 aliphatic rings. The molecule has 21 heavy (non-hydrogen) atoms. The molecule has 3 atom stereocenters. The van der Waals surface area contributed by atoms with Crippen molar-refractivity contribution in [3.63, 3.8) is 0 Å². The highest BCUT2D eigenvalue weighted by atomic mass is 35.5. The predicted molar refractivity (Wildman–Crippen MR) is 86.9 cm³/mol. The van der Waals surface area contributed by atoms with Crippen LogP contribution in [0.15, 0.2) is 0 Å². The highest BCUT2D eigenvalue weighted by Gasteiger charge is 2.37. The lowest BCUT2D eigenvalue weighted by atomic mass is 9.85. The third-order valence-electron chi connectivity index (χ3n) is 4.17. The Kier molecular flexibility index (Phi) is 8.44. The normalized spacial score (nSPS) is 27.4. The largest absolute Gasteiger partial charge is 0.468 e. The van der Waals surface area contributed by atoms with Crippen LogP contribution in [-0.4, -0.2) is 49.1 Å². The molecule has 1 heterocycles. The van der Waals surface area contributed by atoms with Gasteiger partial charge in [-0.2, -0.15) is 0 Å². The average Bonchev–Trinajstić information content (AvgIpc) is 2.90. The molecule has 1 aliphatic heterocycles. The maximum atomic E-state index is 12.1. The van der Waals surface area contributed by atoms with Gasteiger partial charge in [0.25, 0.3) is 0 Å². The van der Waals surface area contributed by atoms with Crippen LogP contribution in [-0.2, 0) is 14.3 Å². The highest BCUT2D eigenvalue weighted by molar-refractivity contribution is 7.99. The van der Waals surface area contributed by atoms with Crippen molar-refractivity contribution in [2.45, 2.75) is 44.2 Å². The Morgan fingerprint density at radius 2 is 2.10 bits per heavy atom. The summed E-state index contributed by atoms with van der Waals surface area (Å²) < 4.78 is 4.56. The van der Waals surface area contributed by atoms with Crippen LogP contribution in [0.4, 0.5) is 0 Å². The Morgan fingerprint density at radius 1 is 1.33 bits per heavy atom. The van der Waals surface area contributed by atoms with Gasteiger partial charge in [-0.1, -0.05) is 12.8 Å². The number of halogens is 1. The van der Waals surface area contributed by atoms with E-state index in [2.05, 4.69) is 15.4 Å². The van der Waals surface area contributed by atoms with Crippen molar-refractivity contribution in [2.75, 3.05) is 25.2 Å². The molecule has 7 heteroatoms. The van der Waals surface area contributed by atoms with E-state index in [0.29, 0.717) is 24.3 Å². The van der Waals surface area contributed by atoms with Crippen molar-refractivity contribution in [1.82, 2.24) is 10.6 Å². The predicted octanol–water partition coefficient (Wildman–Crippen LogP) is 1.35. The molecule has 2 N–H and O–H groups in total. The molecule has 0 aromatic rings. The maximum Gasteiger partial charge on any atom is 0.315 e. The first-order valence-electron chi connectivity index (χ1n) is 7.39. The minimum atomic E-state index is -0.220. The topological polar surface area (TPSA) is 67.4 Å². The van der Waals surface area contributed by atoms with Gasteiger partial charge in [0, 0.05) is 18.3 Å². The second kappa shape index (κ2) is 9.54. The summed E-state index contributed by atoms with van der Waals surface area (Å²) >= 11 is 1.48. The molecule has 0 radical (unpaired) electrons. The number of fused-ring (bicyclic) bond motifs is 1. The van der Waals surface area contributed by atoms with Gasteiger partial charge in [0.1, 0.15) is 0 Å². The fourth-order valence-electron chi connectivity index (χ4n) is 3.11. The molecule has 0 aromatic carbocycles. The summed E-state index contributed by atoms with van der Waals surface area (Å²) in [5.41, 5.74) is 0. The maximum absolute atomic E-state index is 12.1. The van der Waals surface area contributed by atoms with E-state index in [-0.39, 0.29) is 30.3 Å². The first-order chi connectivity index (χ1) is 9.70. The SMILES string of the molecule is COC(=O)CSCCNC(=O)C1CC2CCCCC2N1.Cl. The number of esters is 1. The van der Waals surface area contributed by atoms with Gasteiger partial charge >= 0.3 is 5.97 Å². The van der Waals surface area contributed by atoms with E-state index in [1.807, 2.05) is 0 Å². The second-order valence-corrected chi connectivity index (χ2v) is 6.63. The summed E-state index contributed by atoms with van der Waals surface area (Å²) in [4.78, 5) is 23.0. The molecule has 2 rings (SSSR count). The lowest BCUT2D eigenvalue weighted by molar-refractivity contribution is -0.137. The van der Waals surface area contributed by atoms with Crippen molar-refractivity contribution in [3.05, 3.63) is 0 Å². The minimum absolute atomic E-state index is 0. The van der Waals surface area contributed by atoms with Crippen LogP contribution in [0, 0.1) is 5.92 Å². The summed E-state index contributed by atoms with van der Waals surface area (Å²) in [6, 6.07) is 0.530. The lowest BCUT2D eigenvalue weighted by Crippen LogP contribution is -2.43. The van der Waals surface area contributed by atoms with Crippen LogP contribution in [0.25, 0.3) is 0 Å². The van der Waals surface area contributed by atoms with Gasteiger partial charge in [0.15, 0.2) is 0 Å². The highest BCUT2D eigenvalue weighted by Crippen LogP contribution is 2.33. The molecular weight excluding hydrogens is 312 g/mol. The number of hydrogen-bond acceptors (Lipinski definition) is 5. The second-order valence-electron chi connectivity index (χ2n) is 5.53. The molecule has 5 nitrogen and oxygen atoms in total. The number of ether oxygens (including phenoxy) is 1. The van der Waals surface area contributed by atoms with Crippen LogP contribution < -0.4 is 10.6 Å². The number of rotatable bonds is 6. The van der Waals surface area contributed by atoms with Crippen molar-refractivity contribution in [2.24, 2.45) is 5.92 Å². The monoisotopic (exact) mass is 336 g/mol. The van der Waals surface area contributed by atoms with Gasteiger partial charge in [-0.25, -0.2) is 0 Å². The lowest BCUT2D eigenvalue weighted by Gasteiger charge is -2.24. The van der Waals surface area contributed by atoms with E-state index >= 15 is 0 Å². The number of methoxy groups -OCH3 is 1. The Hall–Kier alpha value is -0.460.